The third-order valence-electron chi connectivity index (χ3n) is 3.59. The highest BCUT2D eigenvalue weighted by atomic mass is 32.2. The van der Waals surface area contributed by atoms with Crippen LogP contribution in [0.2, 0.25) is 0 Å². The fourth-order valence-electron chi connectivity index (χ4n) is 2.99. The van der Waals surface area contributed by atoms with Crippen molar-refractivity contribution in [2.75, 3.05) is 6.26 Å². The molecular weight excluding hydrogens is 228 g/mol. The van der Waals surface area contributed by atoms with Crippen LogP contribution in [0.15, 0.2) is 4.99 Å². The van der Waals surface area contributed by atoms with Gasteiger partial charge in [0.2, 0.25) is 0 Å². The van der Waals surface area contributed by atoms with E-state index >= 15 is 0 Å². The molecule has 0 radical (unpaired) electrons. The molecule has 1 aliphatic rings. The van der Waals surface area contributed by atoms with E-state index in [-0.39, 0.29) is 0 Å². The second-order valence-corrected chi connectivity index (χ2v) is 6.75. The first-order valence-corrected chi connectivity index (χ1v) is 8.04. The fourth-order valence-corrected chi connectivity index (χ4v) is 3.57. The first-order valence-electron chi connectivity index (χ1n) is 6.82. The summed E-state index contributed by atoms with van der Waals surface area (Å²) in [7, 11) is 0. The largest absolute Gasteiger partial charge is 0.363 e. The minimum absolute atomic E-state index is 0.467. The number of amidine groups is 1. The summed E-state index contributed by atoms with van der Waals surface area (Å²) in [5, 5.41) is 4.55. The monoisotopic (exact) mass is 256 g/mol. The lowest BCUT2D eigenvalue weighted by atomic mass is 9.74. The average molecular weight is 256 g/mol. The van der Waals surface area contributed by atoms with Crippen molar-refractivity contribution in [3.63, 3.8) is 0 Å². The van der Waals surface area contributed by atoms with E-state index < -0.39 is 0 Å². The Morgan fingerprint density at radius 1 is 1.18 bits per heavy atom. The van der Waals surface area contributed by atoms with Crippen LogP contribution in [0.3, 0.4) is 0 Å². The van der Waals surface area contributed by atoms with Crippen LogP contribution >= 0.6 is 11.8 Å². The van der Waals surface area contributed by atoms with E-state index in [1.807, 2.05) is 0 Å². The zero-order valence-electron chi connectivity index (χ0n) is 12.2. The van der Waals surface area contributed by atoms with Gasteiger partial charge in [-0.3, -0.25) is 4.99 Å². The number of rotatable bonds is 2. The Morgan fingerprint density at radius 2 is 1.71 bits per heavy atom. The molecule has 0 saturated heterocycles. The van der Waals surface area contributed by atoms with Crippen LogP contribution in [0.4, 0.5) is 0 Å². The minimum Gasteiger partial charge on any atom is -0.363 e. The predicted molar refractivity (Wildman–Crippen MR) is 79.7 cm³/mol. The molecule has 1 saturated carbocycles. The molecule has 2 unspecified atom stereocenters. The average Bonchev–Trinajstić information content (AvgIpc) is 2.20. The van der Waals surface area contributed by atoms with Crippen molar-refractivity contribution in [3.8, 4) is 0 Å². The Labute approximate surface area is 111 Å². The molecule has 0 spiro atoms. The SMILES string of the molecule is CSC(=NC1C(C)CC(C)CC1C)NC(C)C. The maximum Gasteiger partial charge on any atom is 0.156 e. The summed E-state index contributed by atoms with van der Waals surface area (Å²) >= 11 is 1.74. The molecule has 2 nitrogen and oxygen atoms in total. The van der Waals surface area contributed by atoms with E-state index in [4.69, 9.17) is 4.99 Å². The van der Waals surface area contributed by atoms with E-state index in [2.05, 4.69) is 46.2 Å². The minimum atomic E-state index is 0.467. The lowest BCUT2D eigenvalue weighted by Gasteiger charge is -2.36. The molecule has 1 N–H and O–H groups in total. The number of nitrogens with zero attached hydrogens (tertiary/aromatic N) is 1. The molecule has 100 valence electrons. The Bertz CT molecular complexity index is 251. The van der Waals surface area contributed by atoms with Gasteiger partial charge in [-0.25, -0.2) is 0 Å². The molecule has 0 amide bonds. The maximum atomic E-state index is 4.96. The zero-order chi connectivity index (χ0) is 13.0. The van der Waals surface area contributed by atoms with Crippen LogP contribution in [0.25, 0.3) is 0 Å². The highest BCUT2D eigenvalue weighted by Crippen LogP contribution is 2.35. The van der Waals surface area contributed by atoms with Crippen LogP contribution in [-0.2, 0) is 0 Å². The van der Waals surface area contributed by atoms with E-state index in [0.717, 1.165) is 11.1 Å². The highest BCUT2D eigenvalue weighted by molar-refractivity contribution is 8.13. The summed E-state index contributed by atoms with van der Waals surface area (Å²) in [5.74, 6) is 2.29. The predicted octanol–water partition coefficient (Wildman–Crippen LogP) is 3.77. The summed E-state index contributed by atoms with van der Waals surface area (Å²) in [5.41, 5.74) is 0. The van der Waals surface area contributed by atoms with Gasteiger partial charge in [-0.05, 0) is 50.7 Å². The van der Waals surface area contributed by atoms with Gasteiger partial charge in [0.05, 0.1) is 6.04 Å². The summed E-state index contributed by atoms with van der Waals surface area (Å²) in [6.45, 7) is 11.4. The van der Waals surface area contributed by atoms with E-state index in [0.29, 0.717) is 23.9 Å². The molecule has 0 aliphatic heterocycles. The fraction of sp³-hybridized carbons (Fsp3) is 0.929. The van der Waals surface area contributed by atoms with Gasteiger partial charge in [-0.1, -0.05) is 32.5 Å². The molecule has 0 aromatic carbocycles. The van der Waals surface area contributed by atoms with Gasteiger partial charge in [-0.15, -0.1) is 0 Å². The van der Waals surface area contributed by atoms with E-state index in [1.165, 1.54) is 12.8 Å². The van der Waals surface area contributed by atoms with E-state index in [1.54, 1.807) is 11.8 Å². The Morgan fingerprint density at radius 3 is 2.12 bits per heavy atom. The molecule has 17 heavy (non-hydrogen) atoms. The zero-order valence-corrected chi connectivity index (χ0v) is 13.0. The topological polar surface area (TPSA) is 24.4 Å². The van der Waals surface area contributed by atoms with Crippen LogP contribution in [0.5, 0.6) is 0 Å². The van der Waals surface area contributed by atoms with Crippen molar-refractivity contribution >= 4 is 16.9 Å². The smallest absolute Gasteiger partial charge is 0.156 e. The van der Waals surface area contributed by atoms with Crippen molar-refractivity contribution in [2.45, 2.75) is 59.5 Å². The normalized spacial score (nSPS) is 35.1. The number of hydrogen-bond acceptors (Lipinski definition) is 2. The molecule has 1 aliphatic carbocycles. The van der Waals surface area contributed by atoms with Crippen LogP contribution in [-0.4, -0.2) is 23.5 Å². The summed E-state index contributed by atoms with van der Waals surface area (Å²) < 4.78 is 0. The Balaban J connectivity index is 2.72. The van der Waals surface area contributed by atoms with E-state index in [9.17, 15) is 0 Å². The lowest BCUT2D eigenvalue weighted by Crippen LogP contribution is -2.36. The molecule has 0 bridgehead atoms. The molecule has 3 heteroatoms. The summed E-state index contributed by atoms with van der Waals surface area (Å²) in [6, 6.07) is 0.967. The first kappa shape index (κ1) is 14.9. The second-order valence-electron chi connectivity index (χ2n) is 5.96. The second kappa shape index (κ2) is 6.67. The van der Waals surface area contributed by atoms with Gasteiger partial charge < -0.3 is 5.32 Å². The number of aliphatic imine (C=N–C) groups is 1. The maximum absolute atomic E-state index is 4.96. The standard InChI is InChI=1S/C14H28N2S/c1-9(2)15-14(17-6)16-13-11(4)7-10(3)8-12(13)5/h9-13H,7-8H2,1-6H3,(H,15,16). The number of nitrogens with one attached hydrogen (secondary N) is 1. The summed E-state index contributed by atoms with van der Waals surface area (Å²) in [4.78, 5) is 4.96. The van der Waals surface area contributed by atoms with Gasteiger partial charge in [0.25, 0.3) is 0 Å². The van der Waals surface area contributed by atoms with Gasteiger partial charge in [0, 0.05) is 6.04 Å². The third-order valence-corrected chi connectivity index (χ3v) is 4.20. The Kier molecular flexibility index (Phi) is 5.84. The first-order chi connectivity index (χ1) is 7.93. The molecule has 0 aromatic rings. The third kappa shape index (κ3) is 4.53. The van der Waals surface area contributed by atoms with Crippen molar-refractivity contribution in [1.29, 1.82) is 0 Å². The molecule has 2 atom stereocenters. The lowest BCUT2D eigenvalue weighted by molar-refractivity contribution is 0.197. The van der Waals surface area contributed by atoms with Gasteiger partial charge >= 0.3 is 0 Å². The molecule has 1 fully saturated rings. The number of hydrogen-bond donors (Lipinski definition) is 1. The molecule has 0 heterocycles. The summed E-state index contributed by atoms with van der Waals surface area (Å²) in [6.07, 6.45) is 4.75. The van der Waals surface area contributed by atoms with Crippen molar-refractivity contribution < 1.29 is 0 Å². The molecular formula is C14H28N2S. The molecule has 0 aromatic heterocycles. The van der Waals surface area contributed by atoms with Crippen molar-refractivity contribution in [1.82, 2.24) is 5.32 Å². The van der Waals surface area contributed by atoms with Crippen LogP contribution in [0.1, 0.15) is 47.5 Å². The Hall–Kier alpha value is -0.180. The highest BCUT2D eigenvalue weighted by Gasteiger charge is 2.31. The van der Waals surface area contributed by atoms with Crippen molar-refractivity contribution in [3.05, 3.63) is 0 Å². The van der Waals surface area contributed by atoms with Gasteiger partial charge in [0.1, 0.15) is 0 Å². The van der Waals surface area contributed by atoms with Crippen molar-refractivity contribution in [2.24, 2.45) is 22.7 Å². The molecule has 1 rings (SSSR count). The van der Waals surface area contributed by atoms with Crippen LogP contribution in [0, 0.1) is 17.8 Å². The van der Waals surface area contributed by atoms with Gasteiger partial charge in [-0.2, -0.15) is 0 Å². The van der Waals surface area contributed by atoms with Gasteiger partial charge in [0.15, 0.2) is 5.17 Å². The number of thioether (sulfide) groups is 1. The quantitative estimate of drug-likeness (QED) is 0.601. The van der Waals surface area contributed by atoms with Crippen LogP contribution < -0.4 is 5.32 Å².